The number of aromatic nitrogens is 3. The van der Waals surface area contributed by atoms with Crippen LogP contribution in [0.15, 0.2) is 60.2 Å². The molecule has 0 amide bonds. The molecule has 0 unspecified atom stereocenters. The van der Waals surface area contributed by atoms with Gasteiger partial charge in [0.05, 0.1) is 22.9 Å². The molecule has 0 aliphatic rings. The van der Waals surface area contributed by atoms with Gasteiger partial charge in [0.15, 0.2) is 0 Å². The molecule has 0 aliphatic carbocycles. The Balaban J connectivity index is 1.59. The van der Waals surface area contributed by atoms with Crippen molar-refractivity contribution in [2.45, 2.75) is 6.61 Å². The first-order valence-corrected chi connectivity index (χ1v) is 9.53. The van der Waals surface area contributed by atoms with E-state index in [0.717, 1.165) is 27.6 Å². The summed E-state index contributed by atoms with van der Waals surface area (Å²) in [5, 5.41) is 13.1. The van der Waals surface area contributed by atoms with Gasteiger partial charge in [-0.25, -0.2) is 9.97 Å². The third-order valence-electron chi connectivity index (χ3n) is 4.11. The van der Waals surface area contributed by atoms with Crippen molar-refractivity contribution in [2.75, 3.05) is 0 Å². The summed E-state index contributed by atoms with van der Waals surface area (Å²) in [6.07, 6.45) is 4.10. The van der Waals surface area contributed by atoms with Gasteiger partial charge in [0, 0.05) is 28.0 Å². The standard InChI is InChI=1S/C19H13N3OS2/c23-10-19-21-15(11-24-19)13-5-6-18-20-14(9-22(18)8-13)17-7-12-3-1-2-4-16(12)25-17/h1-9,11,23H,10H2. The molecule has 1 aromatic carbocycles. The molecule has 0 saturated carbocycles. The van der Waals surface area contributed by atoms with E-state index in [-0.39, 0.29) is 6.61 Å². The van der Waals surface area contributed by atoms with Gasteiger partial charge in [0.1, 0.15) is 10.7 Å². The fourth-order valence-electron chi connectivity index (χ4n) is 2.89. The van der Waals surface area contributed by atoms with Gasteiger partial charge in [-0.15, -0.1) is 22.7 Å². The van der Waals surface area contributed by atoms with Crippen LogP contribution in [0.4, 0.5) is 0 Å². The number of aliphatic hydroxyl groups excluding tert-OH is 1. The van der Waals surface area contributed by atoms with E-state index in [4.69, 9.17) is 4.98 Å². The number of aliphatic hydroxyl groups is 1. The average molecular weight is 363 g/mol. The fourth-order valence-corrected chi connectivity index (χ4v) is 4.57. The monoisotopic (exact) mass is 363 g/mol. The van der Waals surface area contributed by atoms with Crippen LogP contribution >= 0.6 is 22.7 Å². The van der Waals surface area contributed by atoms with E-state index >= 15 is 0 Å². The Hall–Kier alpha value is -2.54. The number of hydrogen-bond donors (Lipinski definition) is 1. The summed E-state index contributed by atoms with van der Waals surface area (Å²) in [5.74, 6) is 0. The van der Waals surface area contributed by atoms with E-state index in [1.54, 1.807) is 11.3 Å². The van der Waals surface area contributed by atoms with E-state index in [1.807, 2.05) is 28.1 Å². The van der Waals surface area contributed by atoms with Crippen LogP contribution in [0.1, 0.15) is 5.01 Å². The summed E-state index contributed by atoms with van der Waals surface area (Å²) < 4.78 is 3.31. The zero-order chi connectivity index (χ0) is 16.8. The van der Waals surface area contributed by atoms with Gasteiger partial charge in [-0.05, 0) is 29.7 Å². The van der Waals surface area contributed by atoms with Crippen molar-refractivity contribution in [3.63, 3.8) is 0 Å². The second-order valence-corrected chi connectivity index (χ2v) is 7.77. The smallest absolute Gasteiger partial charge is 0.137 e. The number of rotatable bonds is 3. The van der Waals surface area contributed by atoms with Crippen molar-refractivity contribution in [3.05, 3.63) is 65.2 Å². The summed E-state index contributed by atoms with van der Waals surface area (Å²) in [4.78, 5) is 10.4. The maximum Gasteiger partial charge on any atom is 0.137 e. The van der Waals surface area contributed by atoms with Crippen LogP contribution in [0.25, 0.3) is 37.6 Å². The fraction of sp³-hybridized carbons (Fsp3) is 0.0526. The van der Waals surface area contributed by atoms with E-state index < -0.39 is 0 Å². The molecule has 0 fully saturated rings. The van der Waals surface area contributed by atoms with Crippen molar-refractivity contribution in [1.82, 2.24) is 14.4 Å². The van der Waals surface area contributed by atoms with Crippen LogP contribution in [-0.4, -0.2) is 19.5 Å². The molecule has 0 aliphatic heterocycles. The molecule has 0 radical (unpaired) electrons. The lowest BCUT2D eigenvalue weighted by Crippen LogP contribution is -1.86. The molecule has 0 bridgehead atoms. The molecule has 1 N–H and O–H groups in total. The molecule has 0 saturated heterocycles. The van der Waals surface area contributed by atoms with Gasteiger partial charge in [0.25, 0.3) is 0 Å². The maximum absolute atomic E-state index is 9.19. The van der Waals surface area contributed by atoms with Gasteiger partial charge in [0.2, 0.25) is 0 Å². The Morgan fingerprint density at radius 2 is 1.92 bits per heavy atom. The Morgan fingerprint density at radius 3 is 2.76 bits per heavy atom. The summed E-state index contributed by atoms with van der Waals surface area (Å²) in [6, 6.07) is 14.6. The number of benzene rings is 1. The zero-order valence-corrected chi connectivity index (χ0v) is 14.7. The van der Waals surface area contributed by atoms with Crippen molar-refractivity contribution < 1.29 is 5.11 Å². The Kier molecular flexibility index (Phi) is 3.41. The van der Waals surface area contributed by atoms with Gasteiger partial charge in [-0.1, -0.05) is 18.2 Å². The van der Waals surface area contributed by atoms with E-state index in [0.29, 0.717) is 0 Å². The normalized spacial score (nSPS) is 11.6. The average Bonchev–Trinajstić information content (AvgIpc) is 3.36. The Labute approximate surface area is 151 Å². The van der Waals surface area contributed by atoms with E-state index in [2.05, 4.69) is 41.5 Å². The molecule has 25 heavy (non-hydrogen) atoms. The van der Waals surface area contributed by atoms with E-state index in [9.17, 15) is 5.11 Å². The summed E-state index contributed by atoms with van der Waals surface area (Å²) in [5.41, 5.74) is 3.79. The topological polar surface area (TPSA) is 50.4 Å². The largest absolute Gasteiger partial charge is 0.389 e. The first-order chi connectivity index (χ1) is 12.3. The second-order valence-electron chi connectivity index (χ2n) is 5.74. The predicted octanol–water partition coefficient (Wildman–Crippen LogP) is 4.83. The second kappa shape index (κ2) is 5.77. The van der Waals surface area contributed by atoms with Crippen molar-refractivity contribution in [1.29, 1.82) is 0 Å². The van der Waals surface area contributed by atoms with Gasteiger partial charge in [-0.2, -0.15) is 0 Å². The van der Waals surface area contributed by atoms with Crippen LogP contribution in [-0.2, 0) is 6.61 Å². The van der Waals surface area contributed by atoms with Crippen molar-refractivity contribution in [3.8, 4) is 21.8 Å². The predicted molar refractivity (Wildman–Crippen MR) is 103 cm³/mol. The molecule has 5 aromatic rings. The summed E-state index contributed by atoms with van der Waals surface area (Å²) in [6.45, 7) is -0.0198. The highest BCUT2D eigenvalue weighted by molar-refractivity contribution is 7.22. The number of fused-ring (bicyclic) bond motifs is 2. The highest BCUT2D eigenvalue weighted by Gasteiger charge is 2.10. The van der Waals surface area contributed by atoms with Crippen molar-refractivity contribution >= 4 is 38.4 Å². The first-order valence-electron chi connectivity index (χ1n) is 7.83. The lowest BCUT2D eigenvalue weighted by atomic mass is 10.2. The maximum atomic E-state index is 9.19. The number of imidazole rings is 1. The van der Waals surface area contributed by atoms with Crippen LogP contribution in [0.3, 0.4) is 0 Å². The summed E-state index contributed by atoms with van der Waals surface area (Å²) in [7, 11) is 0. The number of nitrogens with zero attached hydrogens (tertiary/aromatic N) is 3. The number of pyridine rings is 1. The molecular formula is C19H13N3OS2. The van der Waals surface area contributed by atoms with Gasteiger partial charge in [-0.3, -0.25) is 0 Å². The molecule has 122 valence electrons. The van der Waals surface area contributed by atoms with E-state index in [1.165, 1.54) is 26.3 Å². The SMILES string of the molecule is OCc1nc(-c2ccc3nc(-c4cc5ccccc5s4)cn3c2)cs1. The highest BCUT2D eigenvalue weighted by Crippen LogP contribution is 2.33. The third kappa shape index (κ3) is 2.55. The highest BCUT2D eigenvalue weighted by atomic mass is 32.1. The molecule has 4 nitrogen and oxygen atoms in total. The Morgan fingerprint density at radius 1 is 1.00 bits per heavy atom. The quantitative estimate of drug-likeness (QED) is 0.499. The molecule has 6 heteroatoms. The van der Waals surface area contributed by atoms with Crippen LogP contribution in [0.2, 0.25) is 0 Å². The van der Waals surface area contributed by atoms with Gasteiger partial charge < -0.3 is 9.51 Å². The zero-order valence-electron chi connectivity index (χ0n) is 13.1. The lowest BCUT2D eigenvalue weighted by molar-refractivity contribution is 0.281. The summed E-state index contributed by atoms with van der Waals surface area (Å²) >= 11 is 3.23. The molecule has 4 heterocycles. The lowest BCUT2D eigenvalue weighted by Gasteiger charge is -1.98. The minimum Gasteiger partial charge on any atom is -0.389 e. The molecule has 5 rings (SSSR count). The van der Waals surface area contributed by atoms with Crippen LogP contribution < -0.4 is 0 Å². The molecule has 4 aromatic heterocycles. The minimum atomic E-state index is -0.0198. The third-order valence-corrected chi connectivity index (χ3v) is 6.08. The number of thiophene rings is 1. The minimum absolute atomic E-state index is 0.0198. The van der Waals surface area contributed by atoms with Gasteiger partial charge >= 0.3 is 0 Å². The Bertz CT molecular complexity index is 1170. The number of thiazole rings is 1. The van der Waals surface area contributed by atoms with Crippen LogP contribution in [0, 0.1) is 0 Å². The molecule has 0 spiro atoms. The number of hydrogen-bond acceptors (Lipinski definition) is 5. The van der Waals surface area contributed by atoms with Crippen LogP contribution in [0.5, 0.6) is 0 Å². The molecular weight excluding hydrogens is 350 g/mol. The molecule has 0 atom stereocenters. The van der Waals surface area contributed by atoms with Crippen molar-refractivity contribution in [2.24, 2.45) is 0 Å². The first kappa shape index (κ1) is 14.8.